The lowest BCUT2D eigenvalue weighted by molar-refractivity contribution is 0.0518. The lowest BCUT2D eigenvalue weighted by Gasteiger charge is -2.39. The van der Waals surface area contributed by atoms with Crippen LogP contribution in [0.4, 0.5) is 5.69 Å². The molecule has 0 spiro atoms. The lowest BCUT2D eigenvalue weighted by Crippen LogP contribution is -2.53. The van der Waals surface area contributed by atoms with Crippen LogP contribution in [0.3, 0.4) is 0 Å². The summed E-state index contributed by atoms with van der Waals surface area (Å²) in [4.78, 5) is 32.9. The first-order valence-corrected chi connectivity index (χ1v) is 11.7. The first-order chi connectivity index (χ1) is 16.6. The highest BCUT2D eigenvalue weighted by molar-refractivity contribution is 6.10. The molecule has 1 atom stereocenters. The van der Waals surface area contributed by atoms with Gasteiger partial charge >= 0.3 is 0 Å². The van der Waals surface area contributed by atoms with Gasteiger partial charge in [-0.2, -0.15) is 0 Å². The van der Waals surface area contributed by atoms with E-state index in [1.807, 2.05) is 61.5 Å². The minimum absolute atomic E-state index is 0.269. The van der Waals surface area contributed by atoms with Gasteiger partial charge < -0.3 is 9.64 Å². The Hall–Kier alpha value is -3.64. The maximum absolute atomic E-state index is 13.4. The molecule has 6 heteroatoms. The van der Waals surface area contributed by atoms with Crippen LogP contribution in [0.5, 0.6) is 5.75 Å². The number of benzene rings is 3. The Morgan fingerprint density at radius 3 is 1.82 bits per heavy atom. The Bertz CT molecular complexity index is 1040. The molecule has 6 nitrogen and oxygen atoms in total. The maximum atomic E-state index is 13.4. The van der Waals surface area contributed by atoms with E-state index in [9.17, 15) is 9.59 Å². The number of hydrogen-bond acceptors (Lipinski definition) is 5. The van der Waals surface area contributed by atoms with Gasteiger partial charge in [-0.15, -0.1) is 0 Å². The van der Waals surface area contributed by atoms with Crippen molar-refractivity contribution in [2.24, 2.45) is 0 Å². The second kappa shape index (κ2) is 11.0. The molecule has 0 aliphatic carbocycles. The van der Waals surface area contributed by atoms with E-state index in [0.29, 0.717) is 17.7 Å². The summed E-state index contributed by atoms with van der Waals surface area (Å²) in [5, 5.41) is 0. The minimum atomic E-state index is -0.279. The Morgan fingerprint density at radius 1 is 0.794 bits per heavy atom. The lowest BCUT2D eigenvalue weighted by atomic mass is 10.1. The van der Waals surface area contributed by atoms with E-state index in [1.54, 1.807) is 31.4 Å². The van der Waals surface area contributed by atoms with Crippen LogP contribution < -0.4 is 9.64 Å². The van der Waals surface area contributed by atoms with Crippen LogP contribution in [0.2, 0.25) is 0 Å². The van der Waals surface area contributed by atoms with Gasteiger partial charge in [0.1, 0.15) is 5.75 Å². The summed E-state index contributed by atoms with van der Waals surface area (Å²) in [5.41, 5.74) is 2.12. The fourth-order valence-electron chi connectivity index (χ4n) is 4.45. The van der Waals surface area contributed by atoms with E-state index in [2.05, 4.69) is 15.9 Å². The molecule has 1 aliphatic rings. The highest BCUT2D eigenvalue weighted by atomic mass is 16.5. The fraction of sp³-hybridized carbons (Fsp3) is 0.286. The summed E-state index contributed by atoms with van der Waals surface area (Å²) in [7, 11) is 1.69. The van der Waals surface area contributed by atoms with E-state index in [1.165, 1.54) is 4.90 Å². The predicted octanol–water partition coefficient (Wildman–Crippen LogP) is 4.19. The summed E-state index contributed by atoms with van der Waals surface area (Å²) < 4.78 is 5.52. The minimum Gasteiger partial charge on any atom is -0.495 e. The molecule has 1 fully saturated rings. The third-order valence-corrected chi connectivity index (χ3v) is 6.24. The number of anilines is 1. The fourth-order valence-corrected chi connectivity index (χ4v) is 4.45. The number of piperazine rings is 1. The topological polar surface area (TPSA) is 53.1 Å². The summed E-state index contributed by atoms with van der Waals surface area (Å²) >= 11 is 0. The van der Waals surface area contributed by atoms with Crippen LogP contribution in [0.15, 0.2) is 84.9 Å². The predicted molar refractivity (Wildman–Crippen MR) is 134 cm³/mol. The number of rotatable bonds is 7. The molecule has 176 valence electrons. The first-order valence-electron chi connectivity index (χ1n) is 11.7. The van der Waals surface area contributed by atoms with E-state index in [0.717, 1.165) is 37.6 Å². The van der Waals surface area contributed by atoms with Crippen molar-refractivity contribution in [1.29, 1.82) is 0 Å². The van der Waals surface area contributed by atoms with Gasteiger partial charge in [-0.3, -0.25) is 19.4 Å². The van der Waals surface area contributed by atoms with Crippen LogP contribution >= 0.6 is 0 Å². The van der Waals surface area contributed by atoms with Crippen molar-refractivity contribution in [2.45, 2.75) is 13.0 Å². The largest absolute Gasteiger partial charge is 0.495 e. The highest BCUT2D eigenvalue weighted by Crippen LogP contribution is 2.28. The van der Waals surface area contributed by atoms with Crippen molar-refractivity contribution < 1.29 is 14.3 Å². The third-order valence-electron chi connectivity index (χ3n) is 6.24. The molecule has 0 bridgehead atoms. The first kappa shape index (κ1) is 23.5. The van der Waals surface area contributed by atoms with Gasteiger partial charge in [0.2, 0.25) is 0 Å². The van der Waals surface area contributed by atoms with Crippen molar-refractivity contribution in [2.75, 3.05) is 44.7 Å². The maximum Gasteiger partial charge on any atom is 0.261 e. The second-order valence-corrected chi connectivity index (χ2v) is 8.52. The van der Waals surface area contributed by atoms with Gasteiger partial charge in [0.05, 0.1) is 18.8 Å². The van der Waals surface area contributed by atoms with Crippen molar-refractivity contribution >= 4 is 17.5 Å². The average molecular weight is 458 g/mol. The molecule has 1 aliphatic heterocycles. The van der Waals surface area contributed by atoms with Crippen molar-refractivity contribution in [3.63, 3.8) is 0 Å². The molecule has 0 saturated carbocycles. The number of para-hydroxylation sites is 2. The Labute approximate surface area is 201 Å². The number of hydrogen-bond donors (Lipinski definition) is 0. The Morgan fingerprint density at radius 2 is 1.29 bits per heavy atom. The number of imide groups is 1. The van der Waals surface area contributed by atoms with Gasteiger partial charge in [0.15, 0.2) is 0 Å². The quantitative estimate of drug-likeness (QED) is 0.498. The number of carbonyl (C=O) groups excluding carboxylic acids is 2. The molecule has 34 heavy (non-hydrogen) atoms. The summed E-state index contributed by atoms with van der Waals surface area (Å²) in [5.74, 6) is 0.335. The standard InChI is InChI=1S/C28H31N3O3/c1-22(21-29-17-19-30(20-18-29)25-15-9-10-16-26(25)34-2)31(27(32)23-11-5-3-6-12-23)28(33)24-13-7-4-8-14-24/h3-16,22H,17-21H2,1-2H3/t22-/m1/s1. The van der Waals surface area contributed by atoms with E-state index < -0.39 is 0 Å². The van der Waals surface area contributed by atoms with Gasteiger partial charge in [0.25, 0.3) is 11.8 Å². The number of methoxy groups -OCH3 is 1. The zero-order chi connectivity index (χ0) is 23.9. The van der Waals surface area contributed by atoms with Gasteiger partial charge in [-0.1, -0.05) is 48.5 Å². The van der Waals surface area contributed by atoms with Gasteiger partial charge in [-0.25, -0.2) is 0 Å². The van der Waals surface area contributed by atoms with E-state index >= 15 is 0 Å². The van der Waals surface area contributed by atoms with Crippen LogP contribution in [0.25, 0.3) is 0 Å². The number of carbonyl (C=O) groups is 2. The SMILES string of the molecule is COc1ccccc1N1CCN(C[C@@H](C)N(C(=O)c2ccccc2)C(=O)c2ccccc2)CC1. The zero-order valence-corrected chi connectivity index (χ0v) is 19.8. The van der Waals surface area contributed by atoms with Gasteiger partial charge in [-0.05, 0) is 43.3 Å². The summed E-state index contributed by atoms with van der Waals surface area (Å²) in [6.07, 6.45) is 0. The molecule has 1 saturated heterocycles. The van der Waals surface area contributed by atoms with E-state index in [4.69, 9.17) is 4.74 Å². The number of amides is 2. The molecular weight excluding hydrogens is 426 g/mol. The molecule has 0 aromatic heterocycles. The normalized spacial score (nSPS) is 14.9. The van der Waals surface area contributed by atoms with Crippen LogP contribution in [-0.4, -0.2) is 67.5 Å². The smallest absolute Gasteiger partial charge is 0.261 e. The molecule has 0 N–H and O–H groups in total. The Kier molecular flexibility index (Phi) is 7.60. The molecule has 2 amide bonds. The molecule has 3 aromatic rings. The van der Waals surface area contributed by atoms with Crippen LogP contribution in [0, 0.1) is 0 Å². The average Bonchev–Trinajstić information content (AvgIpc) is 2.90. The summed E-state index contributed by atoms with van der Waals surface area (Å²) in [6, 6.07) is 25.8. The third kappa shape index (κ3) is 5.29. The molecule has 0 unspecified atom stereocenters. The van der Waals surface area contributed by atoms with Crippen molar-refractivity contribution in [3.05, 3.63) is 96.1 Å². The molecular formula is C28H31N3O3. The number of nitrogens with zero attached hydrogens (tertiary/aromatic N) is 3. The zero-order valence-electron chi connectivity index (χ0n) is 19.8. The van der Waals surface area contributed by atoms with Crippen molar-refractivity contribution in [3.8, 4) is 5.75 Å². The van der Waals surface area contributed by atoms with Crippen LogP contribution in [-0.2, 0) is 0 Å². The van der Waals surface area contributed by atoms with E-state index in [-0.39, 0.29) is 17.9 Å². The molecule has 4 rings (SSSR count). The van der Waals surface area contributed by atoms with Crippen LogP contribution in [0.1, 0.15) is 27.6 Å². The highest BCUT2D eigenvalue weighted by Gasteiger charge is 2.31. The second-order valence-electron chi connectivity index (χ2n) is 8.52. The monoisotopic (exact) mass is 457 g/mol. The van der Waals surface area contributed by atoms with Crippen molar-refractivity contribution in [1.82, 2.24) is 9.80 Å². The van der Waals surface area contributed by atoms with Gasteiger partial charge in [0, 0.05) is 43.9 Å². The molecule has 0 radical (unpaired) electrons. The molecule has 3 aromatic carbocycles. The Balaban J connectivity index is 1.47. The number of ether oxygens (including phenoxy) is 1. The summed E-state index contributed by atoms with van der Waals surface area (Å²) in [6.45, 7) is 5.97. The molecule has 1 heterocycles.